The Kier molecular flexibility index (Phi) is 5.30. The van der Waals surface area contributed by atoms with E-state index in [-0.39, 0.29) is 10.9 Å². The summed E-state index contributed by atoms with van der Waals surface area (Å²) >= 11 is 0. The SMILES string of the molecule is CCNC(C)(C(=O)OCC)c1ccc(S(C)(=O)=O)cc1. The van der Waals surface area contributed by atoms with Gasteiger partial charge >= 0.3 is 5.97 Å². The molecule has 0 aliphatic heterocycles. The van der Waals surface area contributed by atoms with Crippen LogP contribution in [0.4, 0.5) is 0 Å². The third-order valence-corrected chi connectivity index (χ3v) is 4.20. The van der Waals surface area contributed by atoms with Crippen molar-refractivity contribution in [2.24, 2.45) is 0 Å². The Labute approximate surface area is 120 Å². The normalized spacial score (nSPS) is 14.6. The number of nitrogens with one attached hydrogen (secondary N) is 1. The zero-order chi connectivity index (χ0) is 15.4. The summed E-state index contributed by atoms with van der Waals surface area (Å²) in [6.45, 7) is 6.24. The van der Waals surface area contributed by atoms with Crippen molar-refractivity contribution in [3.8, 4) is 0 Å². The maximum Gasteiger partial charge on any atom is 0.330 e. The number of ether oxygens (including phenoxy) is 1. The molecule has 1 aromatic rings. The zero-order valence-corrected chi connectivity index (χ0v) is 13.1. The molecule has 0 saturated heterocycles. The minimum atomic E-state index is -3.24. The summed E-state index contributed by atoms with van der Waals surface area (Å²) in [4.78, 5) is 12.4. The van der Waals surface area contributed by atoms with E-state index >= 15 is 0 Å². The number of rotatable bonds is 6. The minimum absolute atomic E-state index is 0.226. The Morgan fingerprint density at radius 2 is 1.80 bits per heavy atom. The summed E-state index contributed by atoms with van der Waals surface area (Å²) in [6, 6.07) is 6.27. The second kappa shape index (κ2) is 6.37. The maximum atomic E-state index is 12.1. The molecule has 0 spiro atoms. The Morgan fingerprint density at radius 3 is 2.20 bits per heavy atom. The van der Waals surface area contributed by atoms with Crippen LogP contribution in [-0.4, -0.2) is 33.8 Å². The number of sulfone groups is 1. The van der Waals surface area contributed by atoms with Gasteiger partial charge in [-0.05, 0) is 38.1 Å². The predicted octanol–water partition coefficient (Wildman–Crippen LogP) is 1.48. The number of carbonyl (C=O) groups is 1. The molecule has 0 bridgehead atoms. The summed E-state index contributed by atoms with van der Waals surface area (Å²) in [6.07, 6.45) is 1.15. The van der Waals surface area contributed by atoms with E-state index in [1.165, 1.54) is 12.1 Å². The number of esters is 1. The molecule has 0 fully saturated rings. The first-order valence-electron chi connectivity index (χ1n) is 6.48. The van der Waals surface area contributed by atoms with E-state index in [9.17, 15) is 13.2 Å². The van der Waals surface area contributed by atoms with Gasteiger partial charge in [0.25, 0.3) is 0 Å². The highest BCUT2D eigenvalue weighted by Crippen LogP contribution is 2.24. The molecule has 0 aliphatic rings. The van der Waals surface area contributed by atoms with Crippen molar-refractivity contribution < 1.29 is 17.9 Å². The van der Waals surface area contributed by atoms with E-state index < -0.39 is 15.4 Å². The van der Waals surface area contributed by atoms with Gasteiger partial charge in [-0.1, -0.05) is 19.1 Å². The maximum absolute atomic E-state index is 12.1. The van der Waals surface area contributed by atoms with Gasteiger partial charge < -0.3 is 4.74 Å². The third kappa shape index (κ3) is 3.58. The second-order valence-electron chi connectivity index (χ2n) is 4.67. The van der Waals surface area contributed by atoms with E-state index in [2.05, 4.69) is 5.32 Å². The summed E-state index contributed by atoms with van der Waals surface area (Å²) < 4.78 is 28.0. The fraction of sp³-hybridized carbons (Fsp3) is 0.500. The molecular formula is C14H21NO4S. The highest BCUT2D eigenvalue weighted by Gasteiger charge is 2.35. The number of hydrogen-bond acceptors (Lipinski definition) is 5. The molecule has 1 unspecified atom stereocenters. The van der Waals surface area contributed by atoms with Gasteiger partial charge in [-0.15, -0.1) is 0 Å². The molecule has 0 aromatic heterocycles. The largest absolute Gasteiger partial charge is 0.464 e. The van der Waals surface area contributed by atoms with Crippen LogP contribution >= 0.6 is 0 Å². The van der Waals surface area contributed by atoms with Crippen LogP contribution < -0.4 is 5.32 Å². The van der Waals surface area contributed by atoms with Gasteiger partial charge in [0.2, 0.25) is 0 Å². The Bertz CT molecular complexity index is 565. The molecule has 0 heterocycles. The van der Waals surface area contributed by atoms with Gasteiger partial charge in [0.1, 0.15) is 5.54 Å². The standard InChI is InChI=1S/C14H21NO4S/c1-5-15-14(3,13(16)19-6-2)11-7-9-12(10-8-11)20(4,17)18/h7-10,15H,5-6H2,1-4H3. The van der Waals surface area contributed by atoms with Crippen LogP contribution in [0.2, 0.25) is 0 Å². The lowest BCUT2D eigenvalue weighted by molar-refractivity contribution is -0.151. The van der Waals surface area contributed by atoms with Crippen molar-refractivity contribution in [3.05, 3.63) is 29.8 Å². The van der Waals surface area contributed by atoms with Crippen molar-refractivity contribution in [2.75, 3.05) is 19.4 Å². The van der Waals surface area contributed by atoms with Crippen LogP contribution in [0.5, 0.6) is 0 Å². The Balaban J connectivity index is 3.19. The van der Waals surface area contributed by atoms with Crippen molar-refractivity contribution in [3.63, 3.8) is 0 Å². The fourth-order valence-electron chi connectivity index (χ4n) is 1.96. The van der Waals surface area contributed by atoms with Gasteiger partial charge in [0.05, 0.1) is 11.5 Å². The summed E-state index contributed by atoms with van der Waals surface area (Å²) in [7, 11) is -3.24. The van der Waals surface area contributed by atoms with Gasteiger partial charge in [0, 0.05) is 6.26 Å². The highest BCUT2D eigenvalue weighted by atomic mass is 32.2. The van der Waals surface area contributed by atoms with E-state index in [1.807, 2.05) is 6.92 Å². The van der Waals surface area contributed by atoms with Crippen LogP contribution in [0, 0.1) is 0 Å². The summed E-state index contributed by atoms with van der Waals surface area (Å²) in [5, 5.41) is 3.09. The molecule has 5 nitrogen and oxygen atoms in total. The van der Waals surface area contributed by atoms with E-state index in [1.54, 1.807) is 26.0 Å². The molecular weight excluding hydrogens is 278 g/mol. The molecule has 0 amide bonds. The number of hydrogen-bond donors (Lipinski definition) is 1. The van der Waals surface area contributed by atoms with Crippen molar-refractivity contribution in [1.29, 1.82) is 0 Å². The van der Waals surface area contributed by atoms with Crippen LogP contribution in [-0.2, 0) is 24.9 Å². The van der Waals surface area contributed by atoms with Crippen molar-refractivity contribution in [2.45, 2.75) is 31.2 Å². The third-order valence-electron chi connectivity index (χ3n) is 3.07. The lowest BCUT2D eigenvalue weighted by Gasteiger charge is -2.28. The first-order valence-corrected chi connectivity index (χ1v) is 8.37. The average Bonchev–Trinajstić information content (AvgIpc) is 2.38. The number of likely N-dealkylation sites (N-methyl/N-ethyl adjacent to an activating group) is 1. The van der Waals surface area contributed by atoms with Crippen LogP contribution in [0.25, 0.3) is 0 Å². The first-order chi connectivity index (χ1) is 9.25. The van der Waals surface area contributed by atoms with E-state index in [0.717, 1.165) is 6.26 Å². The fourth-order valence-corrected chi connectivity index (χ4v) is 2.59. The van der Waals surface area contributed by atoms with Gasteiger partial charge in [-0.2, -0.15) is 0 Å². The molecule has 0 radical (unpaired) electrons. The van der Waals surface area contributed by atoms with Crippen LogP contribution in [0.15, 0.2) is 29.2 Å². The zero-order valence-electron chi connectivity index (χ0n) is 12.3. The first kappa shape index (κ1) is 16.7. The topological polar surface area (TPSA) is 72.5 Å². The molecule has 112 valence electrons. The van der Waals surface area contributed by atoms with Crippen LogP contribution in [0.3, 0.4) is 0 Å². The molecule has 1 atom stereocenters. The highest BCUT2D eigenvalue weighted by molar-refractivity contribution is 7.90. The molecule has 20 heavy (non-hydrogen) atoms. The lowest BCUT2D eigenvalue weighted by atomic mass is 9.92. The number of carbonyl (C=O) groups excluding carboxylic acids is 1. The average molecular weight is 299 g/mol. The van der Waals surface area contributed by atoms with Crippen LogP contribution in [0.1, 0.15) is 26.3 Å². The van der Waals surface area contributed by atoms with Gasteiger partial charge in [-0.25, -0.2) is 13.2 Å². The quantitative estimate of drug-likeness (QED) is 0.806. The second-order valence-corrected chi connectivity index (χ2v) is 6.69. The number of benzene rings is 1. The molecule has 1 rings (SSSR count). The Morgan fingerprint density at radius 1 is 1.25 bits per heavy atom. The predicted molar refractivity (Wildman–Crippen MR) is 77.2 cm³/mol. The molecule has 6 heteroatoms. The monoisotopic (exact) mass is 299 g/mol. The molecule has 1 N–H and O–H groups in total. The molecule has 1 aromatic carbocycles. The minimum Gasteiger partial charge on any atom is -0.464 e. The van der Waals surface area contributed by atoms with Crippen molar-refractivity contribution >= 4 is 15.8 Å². The molecule has 0 saturated carbocycles. The summed E-state index contributed by atoms with van der Waals surface area (Å²) in [5.74, 6) is -0.381. The van der Waals surface area contributed by atoms with E-state index in [0.29, 0.717) is 18.7 Å². The Hall–Kier alpha value is -1.40. The van der Waals surface area contributed by atoms with Gasteiger partial charge in [-0.3, -0.25) is 5.32 Å². The smallest absolute Gasteiger partial charge is 0.330 e. The summed E-state index contributed by atoms with van der Waals surface area (Å²) in [5.41, 5.74) is -0.314. The van der Waals surface area contributed by atoms with Gasteiger partial charge in [0.15, 0.2) is 9.84 Å². The van der Waals surface area contributed by atoms with E-state index in [4.69, 9.17) is 4.74 Å². The van der Waals surface area contributed by atoms with Crippen molar-refractivity contribution in [1.82, 2.24) is 5.32 Å². The lowest BCUT2D eigenvalue weighted by Crippen LogP contribution is -2.47. The molecule has 0 aliphatic carbocycles.